The second-order valence-electron chi connectivity index (χ2n) is 4.88. The molecule has 0 spiro atoms. The van der Waals surface area contributed by atoms with E-state index in [2.05, 4.69) is 34.9 Å². The van der Waals surface area contributed by atoms with Crippen LogP contribution in [0.5, 0.6) is 0 Å². The second kappa shape index (κ2) is 6.25. The van der Waals surface area contributed by atoms with Gasteiger partial charge in [-0.15, -0.1) is 0 Å². The molecule has 0 radical (unpaired) electrons. The van der Waals surface area contributed by atoms with Gasteiger partial charge in [0.1, 0.15) is 28.5 Å². The van der Waals surface area contributed by atoms with Crippen molar-refractivity contribution in [3.63, 3.8) is 0 Å². The summed E-state index contributed by atoms with van der Waals surface area (Å²) in [6.07, 6.45) is 13.2. The largest absolute Gasteiger partial charge is 0.261 e. The first-order valence-corrected chi connectivity index (χ1v) is 7.22. The van der Waals surface area contributed by atoms with Crippen LogP contribution in [-0.4, -0.2) is 34.9 Å². The van der Waals surface area contributed by atoms with Crippen molar-refractivity contribution in [3.8, 4) is 34.2 Å². The van der Waals surface area contributed by atoms with Crippen LogP contribution in [0.15, 0.2) is 67.8 Å². The van der Waals surface area contributed by atoms with E-state index >= 15 is 0 Å². The summed E-state index contributed by atoms with van der Waals surface area (Å²) in [6.45, 7) is 0. The lowest BCUT2D eigenvalue weighted by Gasteiger charge is -2.04. The fourth-order valence-corrected chi connectivity index (χ4v) is 2.17. The topological polar surface area (TPSA) is 90.2 Å². The Morgan fingerprint density at radius 3 is 1.62 bits per heavy atom. The van der Waals surface area contributed by atoms with Crippen LogP contribution in [0.3, 0.4) is 0 Å². The Morgan fingerprint density at radius 2 is 1.04 bits per heavy atom. The fraction of sp³-hybridized carbons (Fsp3) is 0. The van der Waals surface area contributed by atoms with Gasteiger partial charge in [0.2, 0.25) is 0 Å². The molecule has 7 nitrogen and oxygen atoms in total. The lowest BCUT2D eigenvalue weighted by Crippen LogP contribution is -1.96. The van der Waals surface area contributed by atoms with E-state index in [9.17, 15) is 0 Å². The summed E-state index contributed by atoms with van der Waals surface area (Å²) in [4.78, 5) is 30.2. The first-order valence-electron chi connectivity index (χ1n) is 7.22. The van der Waals surface area contributed by atoms with Crippen LogP contribution < -0.4 is 0 Å². The minimum atomic E-state index is 0.614. The van der Waals surface area contributed by atoms with E-state index in [1.54, 1.807) is 49.6 Å². The third-order valence-corrected chi connectivity index (χ3v) is 3.28. The number of aromatic nitrogens is 7. The Hall–Kier alpha value is -3.61. The fourth-order valence-electron chi connectivity index (χ4n) is 2.17. The average Bonchev–Trinajstić information content (AvgIpc) is 2.70. The van der Waals surface area contributed by atoms with Gasteiger partial charge in [-0.05, 0) is 12.1 Å². The SMILES string of the molecule is c1ccc(-c2cncc(-c3cncc(-c4cnccn4)n3)n2)nc1. The van der Waals surface area contributed by atoms with Gasteiger partial charge < -0.3 is 0 Å². The zero-order valence-corrected chi connectivity index (χ0v) is 12.5. The Labute approximate surface area is 137 Å². The molecule has 7 heteroatoms. The van der Waals surface area contributed by atoms with Crippen molar-refractivity contribution in [1.29, 1.82) is 0 Å². The highest BCUT2D eigenvalue weighted by Crippen LogP contribution is 2.20. The van der Waals surface area contributed by atoms with E-state index in [0.29, 0.717) is 28.5 Å². The molecule has 0 aromatic carbocycles. The van der Waals surface area contributed by atoms with Gasteiger partial charge in [0, 0.05) is 18.6 Å². The Kier molecular flexibility index (Phi) is 3.65. The molecule has 4 aromatic heterocycles. The summed E-state index contributed by atoms with van der Waals surface area (Å²) in [5, 5.41) is 0. The van der Waals surface area contributed by atoms with Crippen LogP contribution in [0.2, 0.25) is 0 Å². The Morgan fingerprint density at radius 1 is 0.458 bits per heavy atom. The summed E-state index contributed by atoms with van der Waals surface area (Å²) in [6, 6.07) is 5.65. The normalized spacial score (nSPS) is 10.5. The van der Waals surface area contributed by atoms with Crippen LogP contribution in [0, 0.1) is 0 Å². The minimum Gasteiger partial charge on any atom is -0.261 e. The minimum absolute atomic E-state index is 0.614. The van der Waals surface area contributed by atoms with Crippen molar-refractivity contribution in [1.82, 2.24) is 34.9 Å². The Balaban J connectivity index is 1.75. The number of hydrogen-bond acceptors (Lipinski definition) is 7. The maximum atomic E-state index is 4.58. The highest BCUT2D eigenvalue weighted by molar-refractivity contribution is 5.62. The van der Waals surface area contributed by atoms with Crippen LogP contribution in [0.25, 0.3) is 34.2 Å². The predicted molar refractivity (Wildman–Crippen MR) is 87.3 cm³/mol. The summed E-state index contributed by atoms with van der Waals surface area (Å²) in [5.74, 6) is 0. The number of hydrogen-bond donors (Lipinski definition) is 0. The van der Waals surface area contributed by atoms with E-state index < -0.39 is 0 Å². The summed E-state index contributed by atoms with van der Waals surface area (Å²) in [5.41, 5.74) is 3.95. The molecule has 0 saturated carbocycles. The standard InChI is InChI=1S/C17H11N7/c1-2-4-21-12(3-1)14-8-19-10-16(23-14)17-11-20-9-15(24-17)13-7-18-5-6-22-13/h1-11H. The molecule has 0 atom stereocenters. The molecular formula is C17H11N7. The van der Waals surface area contributed by atoms with Gasteiger partial charge in [-0.25, -0.2) is 9.97 Å². The zero-order chi connectivity index (χ0) is 16.2. The maximum Gasteiger partial charge on any atom is 0.109 e. The van der Waals surface area contributed by atoms with Gasteiger partial charge in [0.05, 0.1) is 36.7 Å². The van der Waals surface area contributed by atoms with Crippen LogP contribution >= 0.6 is 0 Å². The van der Waals surface area contributed by atoms with Crippen molar-refractivity contribution in [2.24, 2.45) is 0 Å². The molecule has 0 aliphatic carbocycles. The van der Waals surface area contributed by atoms with Crippen molar-refractivity contribution in [3.05, 3.63) is 67.8 Å². The molecule has 0 unspecified atom stereocenters. The quantitative estimate of drug-likeness (QED) is 0.573. The summed E-state index contributed by atoms with van der Waals surface area (Å²) < 4.78 is 0. The molecule has 0 amide bonds. The van der Waals surface area contributed by atoms with Gasteiger partial charge in [-0.3, -0.25) is 24.9 Å². The number of pyridine rings is 1. The summed E-state index contributed by atoms with van der Waals surface area (Å²) >= 11 is 0. The first kappa shape index (κ1) is 14.0. The highest BCUT2D eigenvalue weighted by atomic mass is 14.9. The predicted octanol–water partition coefficient (Wildman–Crippen LogP) is 2.45. The molecule has 0 bridgehead atoms. The molecule has 24 heavy (non-hydrogen) atoms. The lowest BCUT2D eigenvalue weighted by atomic mass is 10.2. The third-order valence-electron chi connectivity index (χ3n) is 3.28. The smallest absolute Gasteiger partial charge is 0.109 e. The molecule has 4 heterocycles. The zero-order valence-electron chi connectivity index (χ0n) is 12.5. The van der Waals surface area contributed by atoms with Crippen molar-refractivity contribution in [2.45, 2.75) is 0 Å². The van der Waals surface area contributed by atoms with Gasteiger partial charge in [0.15, 0.2) is 0 Å². The number of rotatable bonds is 3. The molecule has 0 aliphatic heterocycles. The van der Waals surface area contributed by atoms with Crippen LogP contribution in [-0.2, 0) is 0 Å². The van der Waals surface area contributed by atoms with E-state index in [1.165, 1.54) is 0 Å². The molecule has 4 aromatic rings. The van der Waals surface area contributed by atoms with E-state index in [0.717, 1.165) is 5.69 Å². The van der Waals surface area contributed by atoms with Crippen LogP contribution in [0.1, 0.15) is 0 Å². The molecule has 0 aliphatic rings. The molecule has 0 fully saturated rings. The van der Waals surface area contributed by atoms with E-state index in [-0.39, 0.29) is 0 Å². The summed E-state index contributed by atoms with van der Waals surface area (Å²) in [7, 11) is 0. The maximum absolute atomic E-state index is 4.58. The Bertz CT molecular complexity index is 877. The molecular weight excluding hydrogens is 302 g/mol. The molecule has 0 N–H and O–H groups in total. The third kappa shape index (κ3) is 2.82. The molecule has 0 saturated heterocycles. The average molecular weight is 313 g/mol. The van der Waals surface area contributed by atoms with Gasteiger partial charge >= 0.3 is 0 Å². The van der Waals surface area contributed by atoms with E-state index in [4.69, 9.17) is 0 Å². The van der Waals surface area contributed by atoms with Crippen molar-refractivity contribution < 1.29 is 0 Å². The monoisotopic (exact) mass is 313 g/mol. The molecule has 114 valence electrons. The highest BCUT2D eigenvalue weighted by Gasteiger charge is 2.09. The first-order chi connectivity index (χ1) is 11.9. The van der Waals surface area contributed by atoms with Crippen LogP contribution in [0.4, 0.5) is 0 Å². The van der Waals surface area contributed by atoms with E-state index in [1.807, 2.05) is 18.2 Å². The van der Waals surface area contributed by atoms with Crippen molar-refractivity contribution in [2.75, 3.05) is 0 Å². The van der Waals surface area contributed by atoms with Gasteiger partial charge in [-0.2, -0.15) is 0 Å². The second-order valence-corrected chi connectivity index (χ2v) is 4.88. The number of nitrogens with zero attached hydrogens (tertiary/aromatic N) is 7. The van der Waals surface area contributed by atoms with Crippen molar-refractivity contribution >= 4 is 0 Å². The lowest BCUT2D eigenvalue weighted by molar-refractivity contribution is 1.12. The van der Waals surface area contributed by atoms with Gasteiger partial charge in [0.25, 0.3) is 0 Å². The molecule has 4 rings (SSSR count). The van der Waals surface area contributed by atoms with Gasteiger partial charge in [-0.1, -0.05) is 6.07 Å².